The highest BCUT2D eigenvalue weighted by molar-refractivity contribution is 5.76. The van der Waals surface area contributed by atoms with E-state index in [0.717, 1.165) is 23.6 Å². The van der Waals surface area contributed by atoms with E-state index in [4.69, 9.17) is 9.47 Å². The molecule has 0 heterocycles. The molecule has 2 aromatic carbocycles. The van der Waals surface area contributed by atoms with Gasteiger partial charge in [0, 0.05) is 18.7 Å². The third-order valence-electron chi connectivity index (χ3n) is 3.80. The van der Waals surface area contributed by atoms with Crippen molar-refractivity contribution in [3.63, 3.8) is 0 Å². The Bertz CT molecular complexity index is 639. The molecule has 0 spiro atoms. The fraction of sp³-hybridized carbons (Fsp3) is 0.350. The monoisotopic (exact) mass is 342 g/mol. The molecule has 0 fully saturated rings. The molecule has 0 unspecified atom stereocenters. The Morgan fingerprint density at radius 3 is 2.28 bits per heavy atom. The van der Waals surface area contributed by atoms with Gasteiger partial charge < -0.3 is 20.1 Å². The minimum absolute atomic E-state index is 0.0102. The fourth-order valence-electron chi connectivity index (χ4n) is 2.30. The van der Waals surface area contributed by atoms with Gasteiger partial charge in [-0.05, 0) is 48.4 Å². The lowest BCUT2D eigenvalue weighted by atomic mass is 10.1. The molecule has 5 nitrogen and oxygen atoms in total. The van der Waals surface area contributed by atoms with Crippen molar-refractivity contribution in [1.82, 2.24) is 5.32 Å². The summed E-state index contributed by atoms with van der Waals surface area (Å²) in [5, 5.41) is 6.10. The van der Waals surface area contributed by atoms with Crippen LogP contribution >= 0.6 is 0 Å². The van der Waals surface area contributed by atoms with Crippen molar-refractivity contribution in [3.05, 3.63) is 54.1 Å². The number of carbonyl (C=O) groups is 1. The van der Waals surface area contributed by atoms with Gasteiger partial charge in [-0.3, -0.25) is 4.79 Å². The topological polar surface area (TPSA) is 59.6 Å². The molecule has 0 atom stereocenters. The van der Waals surface area contributed by atoms with Crippen LogP contribution < -0.4 is 20.1 Å². The summed E-state index contributed by atoms with van der Waals surface area (Å²) in [6.07, 6.45) is 1.46. The minimum atomic E-state index is 0.0102. The second-order valence-corrected chi connectivity index (χ2v) is 5.60. The molecule has 1 amide bonds. The zero-order valence-electron chi connectivity index (χ0n) is 14.9. The molecule has 5 heteroatoms. The quantitative estimate of drug-likeness (QED) is 0.651. The maximum atomic E-state index is 11.8. The molecular weight excluding hydrogens is 316 g/mol. The van der Waals surface area contributed by atoms with Crippen LogP contribution in [0.25, 0.3) is 0 Å². The van der Waals surface area contributed by atoms with E-state index in [-0.39, 0.29) is 5.91 Å². The predicted molar refractivity (Wildman–Crippen MR) is 100 cm³/mol. The number of carbonyl (C=O) groups excluding carboxylic acids is 1. The van der Waals surface area contributed by atoms with Gasteiger partial charge in [-0.1, -0.05) is 19.1 Å². The second kappa shape index (κ2) is 10.2. The van der Waals surface area contributed by atoms with E-state index >= 15 is 0 Å². The number of aryl methyl sites for hydroxylation is 1. The van der Waals surface area contributed by atoms with E-state index in [1.54, 1.807) is 7.11 Å². The normalized spacial score (nSPS) is 10.2. The van der Waals surface area contributed by atoms with E-state index in [0.29, 0.717) is 26.1 Å². The van der Waals surface area contributed by atoms with Gasteiger partial charge in [-0.25, -0.2) is 0 Å². The molecule has 0 bridgehead atoms. The first-order chi connectivity index (χ1) is 12.2. The van der Waals surface area contributed by atoms with Crippen LogP contribution in [0.4, 0.5) is 5.69 Å². The van der Waals surface area contributed by atoms with E-state index < -0.39 is 0 Å². The van der Waals surface area contributed by atoms with Gasteiger partial charge in [-0.15, -0.1) is 0 Å². The summed E-state index contributed by atoms with van der Waals surface area (Å²) in [6.45, 7) is 3.65. The number of methoxy groups -OCH3 is 1. The lowest BCUT2D eigenvalue weighted by Gasteiger charge is -2.09. The van der Waals surface area contributed by atoms with Crippen molar-refractivity contribution < 1.29 is 14.3 Å². The smallest absolute Gasteiger partial charge is 0.221 e. The van der Waals surface area contributed by atoms with Crippen molar-refractivity contribution in [1.29, 1.82) is 0 Å². The fourth-order valence-corrected chi connectivity index (χ4v) is 2.30. The van der Waals surface area contributed by atoms with E-state index in [2.05, 4.69) is 29.7 Å². The summed E-state index contributed by atoms with van der Waals surface area (Å²) in [5.41, 5.74) is 2.34. The minimum Gasteiger partial charge on any atom is -0.497 e. The Hall–Kier alpha value is -2.69. The van der Waals surface area contributed by atoms with Crippen molar-refractivity contribution in [2.75, 3.05) is 32.1 Å². The highest BCUT2D eigenvalue weighted by Gasteiger charge is 2.01. The molecule has 2 aromatic rings. The number of nitrogens with one attached hydrogen (secondary N) is 2. The van der Waals surface area contributed by atoms with Crippen LogP contribution in [-0.2, 0) is 11.2 Å². The zero-order valence-corrected chi connectivity index (χ0v) is 14.9. The van der Waals surface area contributed by atoms with Gasteiger partial charge in [0.2, 0.25) is 5.91 Å². The number of rotatable bonds is 10. The Morgan fingerprint density at radius 1 is 0.960 bits per heavy atom. The number of ether oxygens (including phenoxy) is 2. The van der Waals surface area contributed by atoms with E-state index in [1.165, 1.54) is 5.56 Å². The highest BCUT2D eigenvalue weighted by atomic mass is 16.5. The molecule has 0 saturated carbocycles. The molecule has 0 aliphatic heterocycles. The number of amides is 1. The zero-order chi connectivity index (χ0) is 17.9. The summed E-state index contributed by atoms with van der Waals surface area (Å²) in [6, 6.07) is 15.6. The largest absolute Gasteiger partial charge is 0.497 e. The number of hydrogen-bond donors (Lipinski definition) is 2. The summed E-state index contributed by atoms with van der Waals surface area (Å²) < 4.78 is 10.7. The van der Waals surface area contributed by atoms with Crippen LogP contribution in [0.3, 0.4) is 0 Å². The Kier molecular flexibility index (Phi) is 7.63. The van der Waals surface area contributed by atoms with E-state index in [1.807, 2.05) is 36.4 Å². The Labute approximate surface area is 149 Å². The Morgan fingerprint density at radius 2 is 1.64 bits per heavy atom. The van der Waals surface area contributed by atoms with Crippen molar-refractivity contribution in [2.24, 2.45) is 0 Å². The third-order valence-corrected chi connectivity index (χ3v) is 3.80. The molecule has 2 rings (SSSR count). The average molecular weight is 342 g/mol. The first kappa shape index (κ1) is 18.6. The van der Waals surface area contributed by atoms with Crippen LogP contribution in [0.5, 0.6) is 11.5 Å². The molecule has 0 aliphatic rings. The molecular formula is C20H26N2O3. The highest BCUT2D eigenvalue weighted by Crippen LogP contribution is 2.16. The number of hydrogen-bond acceptors (Lipinski definition) is 4. The standard InChI is InChI=1S/C20H26N2O3/c1-3-16-4-6-17(7-5-16)21-13-12-20(23)22-14-15-25-19-10-8-18(24-2)9-11-19/h4-11,21H,3,12-15H2,1-2H3,(H,22,23). The maximum absolute atomic E-state index is 11.8. The summed E-state index contributed by atoms with van der Waals surface area (Å²) in [4.78, 5) is 11.8. The maximum Gasteiger partial charge on any atom is 0.221 e. The molecule has 2 N–H and O–H groups in total. The van der Waals surface area contributed by atoms with Crippen LogP contribution in [0.15, 0.2) is 48.5 Å². The van der Waals surface area contributed by atoms with Gasteiger partial charge in [-0.2, -0.15) is 0 Å². The lowest BCUT2D eigenvalue weighted by molar-refractivity contribution is -0.120. The molecule has 0 radical (unpaired) electrons. The average Bonchev–Trinajstić information content (AvgIpc) is 2.66. The number of anilines is 1. The lowest BCUT2D eigenvalue weighted by Crippen LogP contribution is -2.29. The first-order valence-electron chi connectivity index (χ1n) is 8.57. The van der Waals surface area contributed by atoms with Crippen LogP contribution in [0, 0.1) is 0 Å². The Balaban J connectivity index is 1.57. The SMILES string of the molecule is CCc1ccc(NCCC(=O)NCCOc2ccc(OC)cc2)cc1. The molecule has 25 heavy (non-hydrogen) atoms. The second-order valence-electron chi connectivity index (χ2n) is 5.60. The molecule has 134 valence electrons. The summed E-state index contributed by atoms with van der Waals surface area (Å²) in [5.74, 6) is 1.56. The predicted octanol–water partition coefficient (Wildman–Crippen LogP) is 3.25. The number of benzene rings is 2. The van der Waals surface area contributed by atoms with Crippen LogP contribution in [-0.4, -0.2) is 32.7 Å². The van der Waals surface area contributed by atoms with Crippen molar-refractivity contribution in [3.8, 4) is 11.5 Å². The van der Waals surface area contributed by atoms with Crippen LogP contribution in [0.2, 0.25) is 0 Å². The van der Waals surface area contributed by atoms with Gasteiger partial charge in [0.15, 0.2) is 0 Å². The summed E-state index contributed by atoms with van der Waals surface area (Å²) in [7, 11) is 1.63. The molecule has 0 aliphatic carbocycles. The summed E-state index contributed by atoms with van der Waals surface area (Å²) >= 11 is 0. The third kappa shape index (κ3) is 6.75. The van der Waals surface area contributed by atoms with Gasteiger partial charge in [0.25, 0.3) is 0 Å². The van der Waals surface area contributed by atoms with Gasteiger partial charge in [0.1, 0.15) is 18.1 Å². The molecule has 0 saturated heterocycles. The van der Waals surface area contributed by atoms with Crippen molar-refractivity contribution >= 4 is 11.6 Å². The van der Waals surface area contributed by atoms with Crippen molar-refractivity contribution in [2.45, 2.75) is 19.8 Å². The first-order valence-corrected chi connectivity index (χ1v) is 8.57. The van der Waals surface area contributed by atoms with Gasteiger partial charge >= 0.3 is 0 Å². The van der Waals surface area contributed by atoms with E-state index in [9.17, 15) is 4.79 Å². The van der Waals surface area contributed by atoms with Gasteiger partial charge in [0.05, 0.1) is 13.7 Å². The molecule has 0 aromatic heterocycles. The van der Waals surface area contributed by atoms with Crippen LogP contribution in [0.1, 0.15) is 18.9 Å².